The third-order valence-electron chi connectivity index (χ3n) is 3.74. The Bertz CT molecular complexity index is 228. The van der Waals surface area contributed by atoms with E-state index in [0.29, 0.717) is 23.6 Å². The van der Waals surface area contributed by atoms with Crippen molar-refractivity contribution in [1.82, 2.24) is 4.90 Å². The van der Waals surface area contributed by atoms with E-state index in [-0.39, 0.29) is 5.92 Å². The minimum atomic E-state index is 0.148. The van der Waals surface area contributed by atoms with Crippen LogP contribution in [0.1, 0.15) is 40.0 Å². The summed E-state index contributed by atoms with van der Waals surface area (Å²) in [6.45, 7) is 8.13. The Morgan fingerprint density at radius 2 is 2.12 bits per heavy atom. The number of halogens is 1. The van der Waals surface area contributed by atoms with Gasteiger partial charge in [-0.25, -0.2) is 0 Å². The van der Waals surface area contributed by atoms with Crippen LogP contribution in [-0.4, -0.2) is 29.8 Å². The van der Waals surface area contributed by atoms with Crippen molar-refractivity contribution in [3.8, 4) is 0 Å². The molecule has 0 aromatic rings. The van der Waals surface area contributed by atoms with Crippen molar-refractivity contribution in [2.45, 2.75) is 40.0 Å². The molecule has 16 heavy (non-hydrogen) atoms. The number of carbonyl (C=O) groups is 1. The van der Waals surface area contributed by atoms with E-state index in [4.69, 9.17) is 11.6 Å². The predicted octanol–water partition coefficient (Wildman–Crippen LogP) is 3.15. The molecule has 1 rings (SSSR count). The van der Waals surface area contributed by atoms with Gasteiger partial charge >= 0.3 is 0 Å². The van der Waals surface area contributed by atoms with Crippen LogP contribution in [0.25, 0.3) is 0 Å². The molecule has 2 unspecified atom stereocenters. The van der Waals surface area contributed by atoms with Crippen molar-refractivity contribution in [2.75, 3.05) is 19.0 Å². The number of rotatable bonds is 4. The van der Waals surface area contributed by atoms with E-state index in [9.17, 15) is 4.79 Å². The highest BCUT2D eigenvalue weighted by atomic mass is 35.5. The fourth-order valence-corrected chi connectivity index (χ4v) is 2.54. The molecule has 1 fully saturated rings. The Balaban J connectivity index is 2.49. The van der Waals surface area contributed by atoms with Crippen LogP contribution in [0.2, 0.25) is 0 Å². The maximum absolute atomic E-state index is 12.2. The molecular weight excluding hydrogens is 222 g/mol. The van der Waals surface area contributed by atoms with Crippen molar-refractivity contribution in [3.63, 3.8) is 0 Å². The highest BCUT2D eigenvalue weighted by Crippen LogP contribution is 2.23. The lowest BCUT2D eigenvalue weighted by Crippen LogP contribution is -2.43. The lowest BCUT2D eigenvalue weighted by atomic mass is 9.92. The second-order valence-electron chi connectivity index (χ2n) is 5.30. The van der Waals surface area contributed by atoms with Gasteiger partial charge in [0.05, 0.1) is 0 Å². The summed E-state index contributed by atoms with van der Waals surface area (Å²) in [7, 11) is 0. The van der Waals surface area contributed by atoms with E-state index in [0.717, 1.165) is 25.9 Å². The van der Waals surface area contributed by atoms with Gasteiger partial charge in [-0.2, -0.15) is 0 Å². The molecule has 1 aliphatic heterocycles. The minimum absolute atomic E-state index is 0.148. The van der Waals surface area contributed by atoms with Gasteiger partial charge in [-0.05, 0) is 31.1 Å². The van der Waals surface area contributed by atoms with Crippen LogP contribution < -0.4 is 0 Å². The van der Waals surface area contributed by atoms with Crippen molar-refractivity contribution >= 4 is 17.5 Å². The van der Waals surface area contributed by atoms with E-state index in [2.05, 4.69) is 13.8 Å². The lowest BCUT2D eigenvalue weighted by molar-refractivity contribution is -0.138. The van der Waals surface area contributed by atoms with E-state index in [1.165, 1.54) is 6.42 Å². The van der Waals surface area contributed by atoms with Crippen LogP contribution in [-0.2, 0) is 4.79 Å². The van der Waals surface area contributed by atoms with Crippen LogP contribution in [0.4, 0.5) is 0 Å². The average molecular weight is 246 g/mol. The van der Waals surface area contributed by atoms with Gasteiger partial charge in [0.15, 0.2) is 0 Å². The van der Waals surface area contributed by atoms with E-state index >= 15 is 0 Å². The summed E-state index contributed by atoms with van der Waals surface area (Å²) in [4.78, 5) is 14.2. The highest BCUT2D eigenvalue weighted by molar-refractivity contribution is 6.17. The van der Waals surface area contributed by atoms with Crippen LogP contribution in [0.15, 0.2) is 0 Å². The Labute approximate surface area is 104 Å². The maximum Gasteiger partial charge on any atom is 0.225 e. The van der Waals surface area contributed by atoms with Crippen LogP contribution in [0.3, 0.4) is 0 Å². The molecule has 0 N–H and O–H groups in total. The molecule has 0 radical (unpaired) electrons. The number of likely N-dealkylation sites (tertiary alicyclic amines) is 1. The number of alkyl halides is 1. The van der Waals surface area contributed by atoms with Gasteiger partial charge in [-0.1, -0.05) is 20.8 Å². The molecular formula is C13H24ClNO. The standard InChI is InChI=1S/C13H24ClNO/c1-10(2)11(3)13(16)15-8-4-5-12(9-15)6-7-14/h10-12H,4-9H2,1-3H3. The van der Waals surface area contributed by atoms with E-state index < -0.39 is 0 Å². The second-order valence-corrected chi connectivity index (χ2v) is 5.68. The van der Waals surface area contributed by atoms with Gasteiger partial charge in [-0.3, -0.25) is 4.79 Å². The molecule has 94 valence electrons. The van der Waals surface area contributed by atoms with Gasteiger partial charge in [0, 0.05) is 24.9 Å². The summed E-state index contributed by atoms with van der Waals surface area (Å²) < 4.78 is 0. The molecule has 0 saturated carbocycles. The normalized spacial score (nSPS) is 23.6. The van der Waals surface area contributed by atoms with Crippen molar-refractivity contribution < 1.29 is 4.79 Å². The van der Waals surface area contributed by atoms with Crippen LogP contribution in [0.5, 0.6) is 0 Å². The molecule has 1 amide bonds. The van der Waals surface area contributed by atoms with E-state index in [1.807, 2.05) is 11.8 Å². The topological polar surface area (TPSA) is 20.3 Å². The molecule has 0 aromatic carbocycles. The summed E-state index contributed by atoms with van der Waals surface area (Å²) in [6.07, 6.45) is 3.41. The zero-order chi connectivity index (χ0) is 12.1. The first-order chi connectivity index (χ1) is 7.56. The van der Waals surface area contributed by atoms with Crippen LogP contribution >= 0.6 is 11.6 Å². The predicted molar refractivity (Wildman–Crippen MR) is 68.6 cm³/mol. The molecule has 0 bridgehead atoms. The number of hydrogen-bond donors (Lipinski definition) is 0. The second kappa shape index (κ2) is 6.48. The minimum Gasteiger partial charge on any atom is -0.342 e. The highest BCUT2D eigenvalue weighted by Gasteiger charge is 2.27. The smallest absolute Gasteiger partial charge is 0.225 e. The first-order valence-electron chi connectivity index (χ1n) is 6.41. The Kier molecular flexibility index (Phi) is 5.60. The molecule has 0 aliphatic carbocycles. The van der Waals surface area contributed by atoms with Gasteiger partial charge < -0.3 is 4.90 Å². The van der Waals surface area contributed by atoms with Crippen molar-refractivity contribution in [1.29, 1.82) is 0 Å². The molecule has 2 nitrogen and oxygen atoms in total. The van der Waals surface area contributed by atoms with Crippen LogP contribution in [0, 0.1) is 17.8 Å². The third-order valence-corrected chi connectivity index (χ3v) is 3.96. The summed E-state index contributed by atoms with van der Waals surface area (Å²) >= 11 is 5.77. The SMILES string of the molecule is CC(C)C(C)C(=O)N1CCCC(CCCl)C1. The van der Waals surface area contributed by atoms with E-state index in [1.54, 1.807) is 0 Å². The molecule has 2 atom stereocenters. The van der Waals surface area contributed by atoms with Crippen molar-refractivity contribution in [2.24, 2.45) is 17.8 Å². The van der Waals surface area contributed by atoms with Crippen molar-refractivity contribution in [3.05, 3.63) is 0 Å². The van der Waals surface area contributed by atoms with Gasteiger partial charge in [0.25, 0.3) is 0 Å². The fourth-order valence-electron chi connectivity index (χ4n) is 2.23. The quantitative estimate of drug-likeness (QED) is 0.697. The monoisotopic (exact) mass is 245 g/mol. The number of nitrogens with zero attached hydrogens (tertiary/aromatic N) is 1. The van der Waals surface area contributed by atoms with Gasteiger partial charge in [-0.15, -0.1) is 11.6 Å². The number of amides is 1. The molecule has 1 saturated heterocycles. The Morgan fingerprint density at radius 3 is 2.69 bits per heavy atom. The molecule has 1 heterocycles. The first kappa shape index (κ1) is 13.8. The number of carbonyl (C=O) groups excluding carboxylic acids is 1. The maximum atomic E-state index is 12.2. The fraction of sp³-hybridized carbons (Fsp3) is 0.923. The first-order valence-corrected chi connectivity index (χ1v) is 6.94. The van der Waals surface area contributed by atoms with Gasteiger partial charge in [0.2, 0.25) is 5.91 Å². The summed E-state index contributed by atoms with van der Waals surface area (Å²) in [5.74, 6) is 2.24. The largest absolute Gasteiger partial charge is 0.342 e. The zero-order valence-corrected chi connectivity index (χ0v) is 11.5. The summed E-state index contributed by atoms with van der Waals surface area (Å²) in [5.41, 5.74) is 0. The Hall–Kier alpha value is -0.240. The molecule has 1 aliphatic rings. The average Bonchev–Trinajstić information content (AvgIpc) is 2.28. The molecule has 0 aromatic heterocycles. The summed E-state index contributed by atoms with van der Waals surface area (Å²) in [5, 5.41) is 0. The number of hydrogen-bond acceptors (Lipinski definition) is 1. The Morgan fingerprint density at radius 1 is 1.44 bits per heavy atom. The zero-order valence-electron chi connectivity index (χ0n) is 10.7. The summed E-state index contributed by atoms with van der Waals surface area (Å²) in [6, 6.07) is 0. The number of piperidine rings is 1. The lowest BCUT2D eigenvalue weighted by Gasteiger charge is -2.35. The van der Waals surface area contributed by atoms with Gasteiger partial charge in [0.1, 0.15) is 0 Å². The molecule has 0 spiro atoms. The third kappa shape index (κ3) is 3.65. The molecule has 3 heteroatoms.